The van der Waals surface area contributed by atoms with E-state index in [0.717, 1.165) is 48.5 Å². The smallest absolute Gasteiger partial charge is 0.475 e. The van der Waals surface area contributed by atoms with Crippen LogP contribution in [0.1, 0.15) is 30.6 Å². The van der Waals surface area contributed by atoms with Gasteiger partial charge >= 0.3 is 24.3 Å². The molecule has 0 saturated carbocycles. The molecule has 6 rings (SSSR count). The molecule has 2 aliphatic heterocycles. The summed E-state index contributed by atoms with van der Waals surface area (Å²) in [5.74, 6) is -5.85. The minimum atomic E-state index is -5.08. The summed E-state index contributed by atoms with van der Waals surface area (Å²) in [6.45, 7) is 8.57. The van der Waals surface area contributed by atoms with Gasteiger partial charge in [-0.1, -0.05) is 11.3 Å². The van der Waals surface area contributed by atoms with Gasteiger partial charge < -0.3 is 35.8 Å². The number of nitrogens with one attached hydrogen (secondary N) is 3. The van der Waals surface area contributed by atoms with Crippen LogP contribution in [0.3, 0.4) is 0 Å². The fraction of sp³-hybridized carbons (Fsp3) is 0.452. The van der Waals surface area contributed by atoms with Crippen molar-refractivity contribution in [3.05, 3.63) is 41.8 Å². The molecule has 4 aromatic rings. The van der Waals surface area contributed by atoms with Gasteiger partial charge in [0.25, 0.3) is 11.1 Å². The fourth-order valence-corrected chi connectivity index (χ4v) is 6.48. The van der Waals surface area contributed by atoms with Gasteiger partial charge in [0.15, 0.2) is 5.82 Å². The number of carbonyl (C=O) groups is 3. The fourth-order valence-electron chi connectivity index (χ4n) is 5.52. The molecule has 4 heterocycles. The quantitative estimate of drug-likeness (QED) is 0.167. The van der Waals surface area contributed by atoms with E-state index < -0.39 is 30.1 Å². The molecule has 0 spiro atoms. The van der Waals surface area contributed by atoms with Crippen LogP contribution in [0.2, 0.25) is 0 Å². The zero-order valence-corrected chi connectivity index (χ0v) is 28.5. The number of thiazole rings is 1. The summed E-state index contributed by atoms with van der Waals surface area (Å²) >= 11 is 1.39. The lowest BCUT2D eigenvalue weighted by atomic mass is 10.1. The maximum absolute atomic E-state index is 14.6. The van der Waals surface area contributed by atoms with Crippen molar-refractivity contribution in [1.82, 2.24) is 25.4 Å². The van der Waals surface area contributed by atoms with Crippen LogP contribution < -0.4 is 25.6 Å². The number of piperazine rings is 1. The van der Waals surface area contributed by atoms with Crippen molar-refractivity contribution in [3.8, 4) is 5.19 Å². The van der Waals surface area contributed by atoms with Crippen LogP contribution in [0, 0.1) is 11.7 Å². The number of rotatable bonds is 6. The number of fused-ring (bicyclic) bond motifs is 2. The van der Waals surface area contributed by atoms with Gasteiger partial charge in [0.05, 0.1) is 22.6 Å². The summed E-state index contributed by atoms with van der Waals surface area (Å²) < 4.78 is 86.6. The van der Waals surface area contributed by atoms with E-state index in [2.05, 4.69) is 39.8 Å². The van der Waals surface area contributed by atoms with Crippen LogP contribution in [-0.2, 0) is 16.6 Å². The Balaban J connectivity index is 0.000000367. The third-order valence-corrected chi connectivity index (χ3v) is 8.67. The Labute approximate surface area is 294 Å². The lowest BCUT2D eigenvalue weighted by molar-refractivity contribution is -0.193. The van der Waals surface area contributed by atoms with Crippen molar-refractivity contribution in [2.45, 2.75) is 44.7 Å². The molecule has 2 fully saturated rings. The molecule has 0 radical (unpaired) electrons. The minimum Gasteiger partial charge on any atom is -0.475 e. The normalized spacial score (nSPS) is 19.0. The Morgan fingerprint density at radius 1 is 1.02 bits per heavy atom. The van der Waals surface area contributed by atoms with Crippen molar-refractivity contribution in [1.29, 1.82) is 0 Å². The van der Waals surface area contributed by atoms with E-state index >= 15 is 0 Å². The molecule has 284 valence electrons. The third-order valence-electron chi connectivity index (χ3n) is 7.67. The number of carboxylic acids is 2. The average Bonchev–Trinajstić information content (AvgIpc) is 3.78. The number of anilines is 2. The van der Waals surface area contributed by atoms with Gasteiger partial charge in [-0.2, -0.15) is 31.4 Å². The SMILES string of the molecule is C[C@H]1CN(c2ccc(C(=O)Nc3cc(F)c4nn(C)cc4c3)c3sc(OCC4CCNC4)nc23)C[C@H](C)N1.O=C(O)C(F)(F)F.O=C(O)C(F)(F)F. The van der Waals surface area contributed by atoms with E-state index in [1.54, 1.807) is 24.0 Å². The van der Waals surface area contributed by atoms with Crippen molar-refractivity contribution in [2.75, 3.05) is 43.0 Å². The zero-order chi connectivity index (χ0) is 38.5. The number of carboxylic acid groups (broad SMARTS) is 2. The predicted octanol–water partition coefficient (Wildman–Crippen LogP) is 5.02. The minimum absolute atomic E-state index is 0.276. The van der Waals surface area contributed by atoms with Crippen molar-refractivity contribution >= 4 is 61.7 Å². The Morgan fingerprint density at radius 2 is 1.63 bits per heavy atom. The Bertz CT molecular complexity index is 1880. The summed E-state index contributed by atoms with van der Waals surface area (Å²) in [5.41, 5.74) is 2.90. The second-order valence-electron chi connectivity index (χ2n) is 12.1. The van der Waals surface area contributed by atoms with Crippen molar-refractivity contribution in [3.63, 3.8) is 0 Å². The number of amides is 1. The topological polar surface area (TPSA) is 171 Å². The molecule has 13 nitrogen and oxygen atoms in total. The Hall–Kier alpha value is -4.76. The Morgan fingerprint density at radius 3 is 2.19 bits per heavy atom. The number of nitrogens with zero attached hydrogens (tertiary/aromatic N) is 4. The molecular formula is C31H34F7N7O6S. The first-order valence-corrected chi connectivity index (χ1v) is 16.4. The first-order chi connectivity index (χ1) is 24.2. The van der Waals surface area contributed by atoms with Crippen molar-refractivity contribution in [2.24, 2.45) is 13.0 Å². The van der Waals surface area contributed by atoms with E-state index in [9.17, 15) is 35.5 Å². The van der Waals surface area contributed by atoms with Gasteiger partial charge in [-0.25, -0.2) is 19.0 Å². The summed E-state index contributed by atoms with van der Waals surface area (Å²) in [4.78, 5) is 38.5. The van der Waals surface area contributed by atoms with E-state index in [1.807, 2.05) is 12.1 Å². The van der Waals surface area contributed by atoms with Gasteiger partial charge in [0, 0.05) is 62.0 Å². The standard InChI is InChI=1S/C27H32FN7O2S.2C2HF3O2/c1-15-11-35(12-16(2)30-15)22-5-4-20(25-24(22)32-27(38-25)37-14-17-6-7-29-10-17)26(36)31-19-8-18-13-34(3)33-23(18)21(28)9-19;2*3-2(4,5)1(6)7/h4-5,8-9,13,15-17,29-30H,6-7,10-12,14H2,1-3H3,(H,31,36);2*(H,6,7)/t15-,16-,17?;;/m0../s1. The number of alkyl halides is 6. The molecule has 2 aromatic carbocycles. The lowest BCUT2D eigenvalue weighted by Gasteiger charge is -2.37. The summed E-state index contributed by atoms with van der Waals surface area (Å²) in [6, 6.07) is 7.51. The van der Waals surface area contributed by atoms with E-state index in [-0.39, 0.29) is 11.4 Å². The number of aryl methyl sites for hydroxylation is 1. The van der Waals surface area contributed by atoms with E-state index in [0.29, 0.717) is 46.4 Å². The third kappa shape index (κ3) is 10.4. The average molecular weight is 766 g/mol. The summed E-state index contributed by atoms with van der Waals surface area (Å²) in [7, 11) is 1.74. The van der Waals surface area contributed by atoms with Gasteiger partial charge in [0.2, 0.25) is 0 Å². The number of halogens is 7. The molecule has 1 amide bonds. The number of aliphatic carboxylic acids is 2. The van der Waals surface area contributed by atoms with Crippen LogP contribution in [0.15, 0.2) is 30.5 Å². The highest BCUT2D eigenvalue weighted by Crippen LogP contribution is 2.38. The molecular weight excluding hydrogens is 731 g/mol. The molecule has 52 heavy (non-hydrogen) atoms. The molecule has 21 heteroatoms. The van der Waals surface area contributed by atoms with Gasteiger partial charge in [-0.3, -0.25) is 9.48 Å². The van der Waals surface area contributed by atoms with Crippen molar-refractivity contribution < 1.29 is 60.1 Å². The molecule has 1 unspecified atom stereocenters. The highest BCUT2D eigenvalue weighted by Gasteiger charge is 2.39. The number of hydrogen-bond donors (Lipinski definition) is 5. The number of ether oxygens (including phenoxy) is 1. The first-order valence-electron chi connectivity index (χ1n) is 15.6. The predicted molar refractivity (Wildman–Crippen MR) is 176 cm³/mol. The number of aromatic nitrogens is 3. The number of benzene rings is 2. The first kappa shape index (κ1) is 40.0. The van der Waals surface area contributed by atoms with E-state index in [4.69, 9.17) is 29.5 Å². The maximum atomic E-state index is 14.6. The van der Waals surface area contributed by atoms with Gasteiger partial charge in [0.1, 0.15) is 11.0 Å². The lowest BCUT2D eigenvalue weighted by Crippen LogP contribution is -2.54. The molecule has 2 aliphatic rings. The highest BCUT2D eigenvalue weighted by atomic mass is 32.1. The zero-order valence-electron chi connectivity index (χ0n) is 27.7. The monoisotopic (exact) mass is 765 g/mol. The van der Waals surface area contributed by atoms with E-state index in [1.165, 1.54) is 17.4 Å². The molecule has 5 N–H and O–H groups in total. The largest absolute Gasteiger partial charge is 0.490 e. The Kier molecular flexibility index (Phi) is 12.5. The van der Waals surface area contributed by atoms with Crippen LogP contribution in [-0.4, -0.2) is 100 Å². The molecule has 0 aliphatic carbocycles. The van der Waals surface area contributed by atoms with Gasteiger partial charge in [-0.15, -0.1) is 0 Å². The second kappa shape index (κ2) is 16.3. The number of carbonyl (C=O) groups excluding carboxylic acids is 1. The number of hydrogen-bond acceptors (Lipinski definition) is 10. The molecule has 2 aromatic heterocycles. The van der Waals surface area contributed by atoms with Crippen LogP contribution in [0.25, 0.3) is 21.1 Å². The van der Waals surface area contributed by atoms with Crippen LogP contribution >= 0.6 is 11.3 Å². The second-order valence-corrected chi connectivity index (χ2v) is 13.1. The summed E-state index contributed by atoms with van der Waals surface area (Å²) in [6.07, 6.45) is -7.36. The van der Waals surface area contributed by atoms with Gasteiger partial charge in [-0.05, 0) is 51.1 Å². The molecule has 3 atom stereocenters. The molecule has 2 saturated heterocycles. The summed E-state index contributed by atoms with van der Waals surface area (Å²) in [5, 5.41) is 29.4. The maximum Gasteiger partial charge on any atom is 0.490 e. The molecule has 0 bridgehead atoms. The van der Waals surface area contributed by atoms with Crippen LogP contribution in [0.5, 0.6) is 5.19 Å². The van der Waals surface area contributed by atoms with Crippen LogP contribution in [0.4, 0.5) is 42.1 Å². The highest BCUT2D eigenvalue weighted by molar-refractivity contribution is 7.20.